The van der Waals surface area contributed by atoms with Crippen LogP contribution in [0.3, 0.4) is 0 Å². The maximum absolute atomic E-state index is 5.49. The normalized spacial score (nSPS) is 29.0. The van der Waals surface area contributed by atoms with Gasteiger partial charge in [0.15, 0.2) is 5.82 Å². The fourth-order valence-corrected chi connectivity index (χ4v) is 3.17. The molecule has 3 atom stereocenters. The molecule has 19 heavy (non-hydrogen) atoms. The van der Waals surface area contributed by atoms with Gasteiger partial charge in [0, 0.05) is 6.54 Å². The summed E-state index contributed by atoms with van der Waals surface area (Å²) in [7, 11) is 0. The maximum Gasteiger partial charge on any atom is 0.231 e. The predicted octanol–water partition coefficient (Wildman–Crippen LogP) is 2.08. The zero-order chi connectivity index (χ0) is 12.8. The molecule has 4 rings (SSSR count). The number of benzene rings is 1. The largest absolute Gasteiger partial charge is 0.339 e. The van der Waals surface area contributed by atoms with Crippen molar-refractivity contribution in [3.05, 3.63) is 47.1 Å². The molecule has 0 amide bonds. The summed E-state index contributed by atoms with van der Waals surface area (Å²) in [6.45, 7) is 4.21. The smallest absolute Gasteiger partial charge is 0.231 e. The Morgan fingerprint density at radius 1 is 1.26 bits per heavy atom. The molecule has 2 heterocycles. The molecule has 1 N–H and O–H groups in total. The van der Waals surface area contributed by atoms with Crippen LogP contribution in [0.1, 0.15) is 41.6 Å². The quantitative estimate of drug-likeness (QED) is 0.892. The fourth-order valence-electron chi connectivity index (χ4n) is 3.17. The number of nitrogens with zero attached hydrogens (tertiary/aromatic N) is 2. The zero-order valence-corrected chi connectivity index (χ0v) is 11.0. The van der Waals surface area contributed by atoms with Crippen molar-refractivity contribution in [3.8, 4) is 0 Å². The minimum absolute atomic E-state index is 0.332. The maximum atomic E-state index is 5.49. The molecule has 1 fully saturated rings. The SMILES string of the molecule is CC1CNCC1c1nc(C2Cc3ccccc32)no1. The summed E-state index contributed by atoms with van der Waals surface area (Å²) in [5.41, 5.74) is 2.77. The molecule has 98 valence electrons. The molecule has 0 radical (unpaired) electrons. The predicted molar refractivity (Wildman–Crippen MR) is 71.1 cm³/mol. The number of hydrogen-bond donors (Lipinski definition) is 1. The summed E-state index contributed by atoms with van der Waals surface area (Å²) in [6, 6.07) is 8.51. The molecule has 1 aromatic carbocycles. The van der Waals surface area contributed by atoms with Crippen molar-refractivity contribution in [1.82, 2.24) is 15.5 Å². The summed E-state index contributed by atoms with van der Waals surface area (Å²) in [4.78, 5) is 4.65. The van der Waals surface area contributed by atoms with Crippen LogP contribution in [0.2, 0.25) is 0 Å². The van der Waals surface area contributed by atoms with E-state index < -0.39 is 0 Å². The second-order valence-corrected chi connectivity index (χ2v) is 5.69. The van der Waals surface area contributed by atoms with E-state index in [4.69, 9.17) is 4.52 Å². The van der Waals surface area contributed by atoms with Gasteiger partial charge in [-0.05, 0) is 30.0 Å². The van der Waals surface area contributed by atoms with E-state index in [9.17, 15) is 0 Å². The molecule has 0 spiro atoms. The van der Waals surface area contributed by atoms with Gasteiger partial charge in [0.25, 0.3) is 0 Å². The van der Waals surface area contributed by atoms with E-state index in [-0.39, 0.29) is 0 Å². The molecule has 0 bridgehead atoms. The third-order valence-corrected chi connectivity index (χ3v) is 4.46. The Balaban J connectivity index is 1.60. The van der Waals surface area contributed by atoms with Crippen LogP contribution in [-0.2, 0) is 6.42 Å². The number of hydrogen-bond acceptors (Lipinski definition) is 4. The van der Waals surface area contributed by atoms with Crippen molar-refractivity contribution in [2.45, 2.75) is 25.2 Å². The van der Waals surface area contributed by atoms with Crippen LogP contribution in [-0.4, -0.2) is 23.2 Å². The molecule has 2 aromatic rings. The second-order valence-electron chi connectivity index (χ2n) is 5.69. The standard InChI is InChI=1S/C15H17N3O/c1-9-7-16-8-13(9)15-17-14(18-19-15)12-6-10-4-2-3-5-11(10)12/h2-5,9,12-13,16H,6-8H2,1H3. The zero-order valence-electron chi connectivity index (χ0n) is 11.0. The van der Waals surface area contributed by atoms with E-state index in [1.54, 1.807) is 0 Å². The number of rotatable bonds is 2. The summed E-state index contributed by atoms with van der Waals surface area (Å²) >= 11 is 0. The van der Waals surface area contributed by atoms with Crippen LogP contribution in [0.4, 0.5) is 0 Å². The third-order valence-electron chi connectivity index (χ3n) is 4.46. The first-order valence-corrected chi connectivity index (χ1v) is 6.95. The lowest BCUT2D eigenvalue weighted by atomic mass is 9.77. The lowest BCUT2D eigenvalue weighted by Gasteiger charge is -2.27. The molecule has 1 aliphatic carbocycles. The number of nitrogens with one attached hydrogen (secondary N) is 1. The Morgan fingerprint density at radius 2 is 2.16 bits per heavy atom. The Labute approximate surface area is 112 Å². The molecule has 0 saturated carbocycles. The number of aromatic nitrogens is 2. The van der Waals surface area contributed by atoms with Gasteiger partial charge in [0.1, 0.15) is 0 Å². The van der Waals surface area contributed by atoms with Crippen molar-refractivity contribution in [1.29, 1.82) is 0 Å². The van der Waals surface area contributed by atoms with Gasteiger partial charge >= 0.3 is 0 Å². The molecule has 3 unspecified atom stereocenters. The first kappa shape index (κ1) is 11.2. The van der Waals surface area contributed by atoms with E-state index in [1.165, 1.54) is 11.1 Å². The van der Waals surface area contributed by atoms with Gasteiger partial charge in [-0.25, -0.2) is 0 Å². The van der Waals surface area contributed by atoms with E-state index in [0.717, 1.165) is 31.2 Å². The van der Waals surface area contributed by atoms with Gasteiger partial charge < -0.3 is 9.84 Å². The van der Waals surface area contributed by atoms with Gasteiger partial charge in [-0.1, -0.05) is 36.3 Å². The summed E-state index contributed by atoms with van der Waals surface area (Å²) in [5.74, 6) is 2.93. The van der Waals surface area contributed by atoms with E-state index in [0.29, 0.717) is 17.8 Å². The highest BCUT2D eigenvalue weighted by atomic mass is 16.5. The minimum Gasteiger partial charge on any atom is -0.339 e. The van der Waals surface area contributed by atoms with Gasteiger partial charge in [0.05, 0.1) is 11.8 Å². The molecule has 1 aromatic heterocycles. The van der Waals surface area contributed by atoms with Crippen molar-refractivity contribution >= 4 is 0 Å². The highest BCUT2D eigenvalue weighted by molar-refractivity contribution is 5.43. The Hall–Kier alpha value is -1.68. The monoisotopic (exact) mass is 255 g/mol. The van der Waals surface area contributed by atoms with E-state index >= 15 is 0 Å². The van der Waals surface area contributed by atoms with Crippen LogP contribution < -0.4 is 5.32 Å². The van der Waals surface area contributed by atoms with Gasteiger partial charge in [-0.2, -0.15) is 4.98 Å². The van der Waals surface area contributed by atoms with E-state index in [1.807, 2.05) is 0 Å². The van der Waals surface area contributed by atoms with Crippen LogP contribution in [0.25, 0.3) is 0 Å². The van der Waals surface area contributed by atoms with Crippen LogP contribution in [0.5, 0.6) is 0 Å². The first-order valence-electron chi connectivity index (χ1n) is 6.95. The van der Waals surface area contributed by atoms with Gasteiger partial charge in [-0.15, -0.1) is 0 Å². The topological polar surface area (TPSA) is 51.0 Å². The summed E-state index contributed by atoms with van der Waals surface area (Å²) < 4.78 is 5.49. The Morgan fingerprint density at radius 3 is 2.95 bits per heavy atom. The van der Waals surface area contributed by atoms with Crippen molar-refractivity contribution in [3.63, 3.8) is 0 Å². The molecule has 4 nitrogen and oxygen atoms in total. The highest BCUT2D eigenvalue weighted by Crippen LogP contribution is 2.39. The fraction of sp³-hybridized carbons (Fsp3) is 0.467. The average Bonchev–Trinajstić information content (AvgIpc) is 3.00. The van der Waals surface area contributed by atoms with Crippen molar-refractivity contribution in [2.24, 2.45) is 5.92 Å². The van der Waals surface area contributed by atoms with Crippen molar-refractivity contribution < 1.29 is 4.52 Å². The molecule has 4 heteroatoms. The molecule has 2 aliphatic rings. The third kappa shape index (κ3) is 1.70. The molecule has 1 aliphatic heterocycles. The van der Waals surface area contributed by atoms with Gasteiger partial charge in [0.2, 0.25) is 5.89 Å². The van der Waals surface area contributed by atoms with Crippen LogP contribution in [0.15, 0.2) is 28.8 Å². The minimum atomic E-state index is 0.332. The molecule has 1 saturated heterocycles. The second kappa shape index (κ2) is 4.17. The summed E-state index contributed by atoms with van der Waals surface area (Å²) in [5, 5.41) is 7.58. The van der Waals surface area contributed by atoms with Crippen LogP contribution >= 0.6 is 0 Å². The molecular weight excluding hydrogens is 238 g/mol. The lowest BCUT2D eigenvalue weighted by molar-refractivity contribution is 0.335. The van der Waals surface area contributed by atoms with Crippen molar-refractivity contribution in [2.75, 3.05) is 13.1 Å². The summed E-state index contributed by atoms with van der Waals surface area (Å²) in [6.07, 6.45) is 1.04. The highest BCUT2D eigenvalue weighted by Gasteiger charge is 2.34. The lowest BCUT2D eigenvalue weighted by Crippen LogP contribution is -2.19. The molecular formula is C15H17N3O. The van der Waals surface area contributed by atoms with Crippen LogP contribution in [0, 0.1) is 5.92 Å². The average molecular weight is 255 g/mol. The Bertz CT molecular complexity index is 607. The van der Waals surface area contributed by atoms with Gasteiger partial charge in [-0.3, -0.25) is 0 Å². The number of fused-ring (bicyclic) bond motifs is 1. The Kier molecular flexibility index (Phi) is 2.45. The first-order chi connectivity index (χ1) is 9.33. The van der Waals surface area contributed by atoms with E-state index in [2.05, 4.69) is 46.6 Å².